The maximum Gasteiger partial charge on any atom is 0.308 e. The Morgan fingerprint density at radius 1 is 1.00 bits per heavy atom. The third-order valence-corrected chi connectivity index (χ3v) is 5.86. The van der Waals surface area contributed by atoms with Crippen LogP contribution in [0, 0.1) is 12.8 Å². The summed E-state index contributed by atoms with van der Waals surface area (Å²) in [5.74, 6) is -0.0941. The van der Waals surface area contributed by atoms with Gasteiger partial charge in [-0.25, -0.2) is 0 Å². The van der Waals surface area contributed by atoms with Crippen LogP contribution >= 0.6 is 0 Å². The molecule has 2 aromatic rings. The predicted molar refractivity (Wildman–Crippen MR) is 129 cm³/mol. The highest BCUT2D eigenvalue weighted by molar-refractivity contribution is 5.81. The van der Waals surface area contributed by atoms with Crippen LogP contribution < -0.4 is 10.1 Å². The summed E-state index contributed by atoms with van der Waals surface area (Å²) in [5.41, 5.74) is 1.97. The molecule has 0 spiro atoms. The van der Waals surface area contributed by atoms with E-state index in [-0.39, 0.29) is 42.8 Å². The first-order chi connectivity index (χ1) is 16.3. The van der Waals surface area contributed by atoms with E-state index in [2.05, 4.69) is 5.32 Å². The first-order valence-electron chi connectivity index (χ1n) is 11.8. The molecule has 182 valence electrons. The molecule has 1 N–H and O–H groups in total. The molecule has 34 heavy (non-hydrogen) atoms. The van der Waals surface area contributed by atoms with Gasteiger partial charge in [0.15, 0.2) is 6.61 Å². The molecule has 3 rings (SSSR count). The number of carbonyl (C=O) groups is 3. The fourth-order valence-corrected chi connectivity index (χ4v) is 3.96. The number of piperidine rings is 1. The standard InChI is InChI=1S/C27H34N2O5/c1-19(2)34-26(31)17-24(21-11-9-20(3)10-12-21)28-27(32)22-13-15-29(16-14-22)25(30)18-33-23-7-5-4-6-8-23/h4-12,19,22,24H,13-18H2,1-3H3,(H,28,32). The molecule has 7 nitrogen and oxygen atoms in total. The number of rotatable bonds is 9. The maximum absolute atomic E-state index is 13.0. The van der Waals surface area contributed by atoms with Gasteiger partial charge in [-0.1, -0.05) is 48.0 Å². The van der Waals surface area contributed by atoms with Gasteiger partial charge in [0, 0.05) is 19.0 Å². The molecule has 1 aliphatic rings. The van der Waals surface area contributed by atoms with Gasteiger partial charge in [-0.3, -0.25) is 14.4 Å². The minimum atomic E-state index is -0.460. The third-order valence-electron chi connectivity index (χ3n) is 5.86. The quantitative estimate of drug-likeness (QED) is 0.568. The summed E-state index contributed by atoms with van der Waals surface area (Å²) in [6, 6.07) is 16.5. The van der Waals surface area contributed by atoms with Crippen molar-refractivity contribution < 1.29 is 23.9 Å². The van der Waals surface area contributed by atoms with Crippen LogP contribution in [0.15, 0.2) is 54.6 Å². The number of esters is 1. The fourth-order valence-electron chi connectivity index (χ4n) is 3.96. The Hall–Kier alpha value is -3.35. The van der Waals surface area contributed by atoms with E-state index >= 15 is 0 Å². The average molecular weight is 467 g/mol. The molecule has 7 heteroatoms. The van der Waals surface area contributed by atoms with E-state index in [4.69, 9.17) is 9.47 Å². The number of carbonyl (C=O) groups excluding carboxylic acids is 3. The number of benzene rings is 2. The van der Waals surface area contributed by atoms with E-state index in [0.717, 1.165) is 11.1 Å². The molecule has 1 atom stereocenters. The highest BCUT2D eigenvalue weighted by Crippen LogP contribution is 2.23. The zero-order valence-corrected chi connectivity index (χ0v) is 20.2. The van der Waals surface area contributed by atoms with Gasteiger partial charge in [-0.15, -0.1) is 0 Å². The molecule has 2 amide bonds. The molecule has 1 fully saturated rings. The van der Waals surface area contributed by atoms with Crippen molar-refractivity contribution in [3.05, 3.63) is 65.7 Å². The number of likely N-dealkylation sites (tertiary alicyclic amines) is 1. The lowest BCUT2D eigenvalue weighted by Gasteiger charge is -2.32. The minimum absolute atomic E-state index is 0.0195. The summed E-state index contributed by atoms with van der Waals surface area (Å²) in [7, 11) is 0. The number of nitrogens with one attached hydrogen (secondary N) is 1. The molecule has 0 aromatic heterocycles. The second kappa shape index (κ2) is 12.2. The van der Waals surface area contributed by atoms with Crippen molar-refractivity contribution in [3.8, 4) is 5.75 Å². The highest BCUT2D eigenvalue weighted by atomic mass is 16.5. The maximum atomic E-state index is 13.0. The Balaban J connectivity index is 1.53. The van der Waals surface area contributed by atoms with E-state index in [1.807, 2.05) is 61.5 Å². The van der Waals surface area contributed by atoms with Crippen molar-refractivity contribution in [2.24, 2.45) is 5.92 Å². The number of nitrogens with zero attached hydrogens (tertiary/aromatic N) is 1. The van der Waals surface area contributed by atoms with Gasteiger partial charge in [-0.05, 0) is 51.3 Å². The van der Waals surface area contributed by atoms with Gasteiger partial charge in [0.05, 0.1) is 18.6 Å². The van der Waals surface area contributed by atoms with Crippen LogP contribution in [0.3, 0.4) is 0 Å². The smallest absolute Gasteiger partial charge is 0.308 e. The summed E-state index contributed by atoms with van der Waals surface area (Å²) in [6.07, 6.45) is 0.996. The van der Waals surface area contributed by atoms with Gasteiger partial charge < -0.3 is 19.7 Å². The number of aryl methyl sites for hydroxylation is 1. The van der Waals surface area contributed by atoms with E-state index in [1.54, 1.807) is 18.7 Å². The number of ether oxygens (including phenoxy) is 2. The monoisotopic (exact) mass is 466 g/mol. The van der Waals surface area contributed by atoms with Gasteiger partial charge in [-0.2, -0.15) is 0 Å². The zero-order chi connectivity index (χ0) is 24.5. The van der Waals surface area contributed by atoms with Crippen molar-refractivity contribution in [2.45, 2.75) is 52.2 Å². The lowest BCUT2D eigenvalue weighted by atomic mass is 9.94. The van der Waals surface area contributed by atoms with Crippen molar-refractivity contribution >= 4 is 17.8 Å². The second-order valence-electron chi connectivity index (χ2n) is 8.97. The summed E-state index contributed by atoms with van der Waals surface area (Å²) >= 11 is 0. The van der Waals surface area contributed by atoms with Crippen molar-refractivity contribution in [1.82, 2.24) is 10.2 Å². The summed E-state index contributed by atoms with van der Waals surface area (Å²) in [5, 5.41) is 3.05. The van der Waals surface area contributed by atoms with Gasteiger partial charge in [0.1, 0.15) is 5.75 Å². The third kappa shape index (κ3) is 7.61. The van der Waals surface area contributed by atoms with Crippen LogP contribution in [0.5, 0.6) is 5.75 Å². The van der Waals surface area contributed by atoms with Crippen LogP contribution in [-0.2, 0) is 19.1 Å². The Morgan fingerprint density at radius 2 is 1.65 bits per heavy atom. The summed E-state index contributed by atoms with van der Waals surface area (Å²) < 4.78 is 10.9. The molecular formula is C27H34N2O5. The predicted octanol–water partition coefficient (Wildman–Crippen LogP) is 3.81. The van der Waals surface area contributed by atoms with E-state index in [1.165, 1.54) is 0 Å². The Labute approximate surface area is 201 Å². The van der Waals surface area contributed by atoms with Crippen LogP contribution in [0.25, 0.3) is 0 Å². The molecule has 0 saturated carbocycles. The van der Waals surface area contributed by atoms with Gasteiger partial charge in [0.2, 0.25) is 5.91 Å². The average Bonchev–Trinajstić information content (AvgIpc) is 2.83. The number of para-hydroxylation sites is 1. The van der Waals surface area contributed by atoms with Crippen molar-refractivity contribution in [1.29, 1.82) is 0 Å². The molecule has 0 radical (unpaired) electrons. The Morgan fingerprint density at radius 3 is 2.26 bits per heavy atom. The summed E-state index contributed by atoms with van der Waals surface area (Å²) in [4.78, 5) is 39.6. The normalized spacial score (nSPS) is 15.0. The van der Waals surface area contributed by atoms with Crippen LogP contribution in [-0.4, -0.2) is 48.5 Å². The summed E-state index contributed by atoms with van der Waals surface area (Å²) in [6.45, 7) is 6.58. The highest BCUT2D eigenvalue weighted by Gasteiger charge is 2.29. The first-order valence-corrected chi connectivity index (χ1v) is 11.8. The Kier molecular flexibility index (Phi) is 9.08. The first kappa shape index (κ1) is 25.3. The molecule has 1 heterocycles. The minimum Gasteiger partial charge on any atom is -0.484 e. The van der Waals surface area contributed by atoms with Gasteiger partial charge in [0.25, 0.3) is 5.91 Å². The largest absolute Gasteiger partial charge is 0.484 e. The van der Waals surface area contributed by atoms with E-state index in [0.29, 0.717) is 31.7 Å². The molecular weight excluding hydrogens is 432 g/mol. The van der Waals surface area contributed by atoms with E-state index in [9.17, 15) is 14.4 Å². The van der Waals surface area contributed by atoms with Crippen LogP contribution in [0.2, 0.25) is 0 Å². The zero-order valence-electron chi connectivity index (χ0n) is 20.2. The molecule has 0 aliphatic carbocycles. The van der Waals surface area contributed by atoms with Crippen molar-refractivity contribution in [2.75, 3.05) is 19.7 Å². The number of hydrogen-bond acceptors (Lipinski definition) is 5. The molecule has 1 saturated heterocycles. The molecule has 2 aromatic carbocycles. The lowest BCUT2D eigenvalue weighted by Crippen LogP contribution is -2.45. The fraction of sp³-hybridized carbons (Fsp3) is 0.444. The molecule has 1 unspecified atom stereocenters. The van der Waals surface area contributed by atoms with Crippen LogP contribution in [0.1, 0.15) is 50.3 Å². The number of amides is 2. The van der Waals surface area contributed by atoms with Crippen LogP contribution in [0.4, 0.5) is 0 Å². The molecule has 0 bridgehead atoms. The molecule has 1 aliphatic heterocycles. The number of hydrogen-bond donors (Lipinski definition) is 1. The van der Waals surface area contributed by atoms with Crippen molar-refractivity contribution in [3.63, 3.8) is 0 Å². The Bertz CT molecular complexity index is 951. The second-order valence-corrected chi connectivity index (χ2v) is 8.97. The SMILES string of the molecule is Cc1ccc(C(CC(=O)OC(C)C)NC(=O)C2CCN(C(=O)COc3ccccc3)CC2)cc1. The lowest BCUT2D eigenvalue weighted by molar-refractivity contribution is -0.148. The van der Waals surface area contributed by atoms with Gasteiger partial charge >= 0.3 is 5.97 Å². The van der Waals surface area contributed by atoms with E-state index < -0.39 is 6.04 Å². The topological polar surface area (TPSA) is 84.9 Å².